The molecule has 7 atom stereocenters. The van der Waals surface area contributed by atoms with Crippen LogP contribution in [0.5, 0.6) is 0 Å². The number of carbonyl (C=O) groups is 3. The van der Waals surface area contributed by atoms with Crippen molar-refractivity contribution in [2.75, 3.05) is 13.6 Å². The zero-order valence-corrected chi connectivity index (χ0v) is 20.4. The van der Waals surface area contributed by atoms with Gasteiger partial charge in [-0.2, -0.15) is 0 Å². The second-order valence-electron chi connectivity index (χ2n) is 11.2. The highest BCUT2D eigenvalue weighted by molar-refractivity contribution is 5.92. The van der Waals surface area contributed by atoms with Crippen LogP contribution in [0.1, 0.15) is 72.6 Å². The summed E-state index contributed by atoms with van der Waals surface area (Å²) in [6.07, 6.45) is 11.7. The molecule has 5 heteroatoms. The summed E-state index contributed by atoms with van der Waals surface area (Å²) in [6.45, 7) is 9.02. The summed E-state index contributed by atoms with van der Waals surface area (Å²) in [7, 11) is 1.81. The van der Waals surface area contributed by atoms with Crippen LogP contribution in [0.2, 0.25) is 0 Å². The van der Waals surface area contributed by atoms with E-state index in [0.29, 0.717) is 18.9 Å². The molecule has 4 rings (SSSR count). The van der Waals surface area contributed by atoms with Gasteiger partial charge in [-0.3, -0.25) is 9.59 Å². The molecule has 32 heavy (non-hydrogen) atoms. The number of amides is 1. The molecule has 2 fully saturated rings. The Labute approximate surface area is 192 Å². The number of carbonyl (C=O) groups excluding carboxylic acids is 3. The van der Waals surface area contributed by atoms with E-state index in [9.17, 15) is 14.4 Å². The number of allylic oxidation sites excluding steroid dienone is 4. The maximum atomic E-state index is 13.1. The van der Waals surface area contributed by atoms with Gasteiger partial charge in [0.1, 0.15) is 11.9 Å². The smallest absolute Gasteiger partial charge is 0.409 e. The number of Topliss-reactive ketones (excluding diaryl/α,β-unsaturated/α-hetero) is 1. The summed E-state index contributed by atoms with van der Waals surface area (Å²) in [5.74, 6) is 1.27. The molecule has 0 unspecified atom stereocenters. The van der Waals surface area contributed by atoms with Crippen molar-refractivity contribution in [3.8, 4) is 0 Å². The van der Waals surface area contributed by atoms with Crippen LogP contribution in [-0.4, -0.2) is 42.3 Å². The fourth-order valence-corrected chi connectivity index (χ4v) is 7.58. The van der Waals surface area contributed by atoms with Crippen molar-refractivity contribution in [3.63, 3.8) is 0 Å². The van der Waals surface area contributed by atoms with E-state index in [1.54, 1.807) is 11.8 Å². The van der Waals surface area contributed by atoms with Gasteiger partial charge in [0.2, 0.25) is 0 Å². The number of unbranched alkanes of at least 4 members (excludes halogenated alkanes) is 1. The van der Waals surface area contributed by atoms with E-state index < -0.39 is 0 Å². The predicted octanol–water partition coefficient (Wildman–Crippen LogP) is 5.35. The van der Waals surface area contributed by atoms with E-state index in [-0.39, 0.29) is 52.3 Å². The Morgan fingerprint density at radius 2 is 2.00 bits per heavy atom. The van der Waals surface area contributed by atoms with Gasteiger partial charge in [-0.05, 0) is 73.3 Å². The molecule has 0 aromatic heterocycles. The summed E-state index contributed by atoms with van der Waals surface area (Å²) >= 11 is 0. The van der Waals surface area contributed by atoms with Crippen molar-refractivity contribution in [1.82, 2.24) is 4.90 Å². The molecule has 0 bridgehead atoms. The molecule has 2 saturated carbocycles. The van der Waals surface area contributed by atoms with Gasteiger partial charge in [-0.1, -0.05) is 39.3 Å². The van der Waals surface area contributed by atoms with Crippen molar-refractivity contribution in [1.29, 1.82) is 0 Å². The number of rotatable bonds is 5. The van der Waals surface area contributed by atoms with Gasteiger partial charge in [0.15, 0.2) is 5.78 Å². The van der Waals surface area contributed by atoms with Crippen molar-refractivity contribution in [2.45, 2.75) is 78.7 Å². The van der Waals surface area contributed by atoms with Crippen molar-refractivity contribution in [2.24, 2.45) is 34.5 Å². The van der Waals surface area contributed by atoms with E-state index >= 15 is 0 Å². The molecule has 4 aliphatic carbocycles. The molecule has 0 spiro atoms. The number of nitrogens with zero attached hydrogens (tertiary/aromatic N) is 1. The monoisotopic (exact) mass is 441 g/mol. The number of hydrogen-bond acceptors (Lipinski definition) is 4. The van der Waals surface area contributed by atoms with Crippen molar-refractivity contribution in [3.05, 3.63) is 23.8 Å². The molecule has 0 heterocycles. The first kappa shape index (κ1) is 23.3. The van der Waals surface area contributed by atoms with Crippen LogP contribution in [0.3, 0.4) is 0 Å². The molecule has 0 radical (unpaired) electrons. The van der Waals surface area contributed by atoms with Crippen LogP contribution in [0.25, 0.3) is 0 Å². The minimum Gasteiger partial charge on any atom is -0.446 e. The average Bonchev–Trinajstić information content (AvgIpc) is 3.09. The predicted molar refractivity (Wildman–Crippen MR) is 124 cm³/mol. The van der Waals surface area contributed by atoms with E-state index in [0.717, 1.165) is 44.1 Å². The number of ether oxygens (including phenoxy) is 1. The second kappa shape index (κ2) is 8.46. The number of ketones is 2. The quantitative estimate of drug-likeness (QED) is 0.577. The highest BCUT2D eigenvalue weighted by Gasteiger charge is 2.63. The summed E-state index contributed by atoms with van der Waals surface area (Å²) in [4.78, 5) is 39.5. The lowest BCUT2D eigenvalue weighted by Gasteiger charge is -2.58. The van der Waals surface area contributed by atoms with Crippen molar-refractivity contribution < 1.29 is 19.1 Å². The van der Waals surface area contributed by atoms with E-state index in [1.807, 2.05) is 13.1 Å². The normalized spacial score (nSPS) is 40.1. The van der Waals surface area contributed by atoms with Gasteiger partial charge in [0.25, 0.3) is 0 Å². The third kappa shape index (κ3) is 3.66. The van der Waals surface area contributed by atoms with Crippen LogP contribution in [0, 0.1) is 34.5 Å². The van der Waals surface area contributed by atoms with Gasteiger partial charge in [0, 0.05) is 31.8 Å². The molecular formula is C27H39NO4. The highest BCUT2D eigenvalue weighted by Crippen LogP contribution is 2.65. The Morgan fingerprint density at radius 1 is 1.25 bits per heavy atom. The Balaban J connectivity index is 1.72. The Kier molecular flexibility index (Phi) is 6.15. The first-order chi connectivity index (χ1) is 15.1. The standard InChI is InChI=1S/C27H39NO4/c1-6-7-14-28(5)25(31)32-23-16-27(4)21(17(2)29)10-11-22(27)20-9-8-18-15-19(30)12-13-26(18,3)24(20)23/h8-9,15,20-24H,6-7,10-14,16H2,1-5H3/t20-,21+,22-,23-,24-,26+,27+/m0/s1. The van der Waals surface area contributed by atoms with Gasteiger partial charge in [-0.25, -0.2) is 4.79 Å². The summed E-state index contributed by atoms with van der Waals surface area (Å²) < 4.78 is 6.29. The molecule has 176 valence electrons. The molecule has 1 amide bonds. The molecular weight excluding hydrogens is 402 g/mol. The number of hydrogen-bond donors (Lipinski definition) is 0. The van der Waals surface area contributed by atoms with Crippen LogP contribution < -0.4 is 0 Å². The maximum absolute atomic E-state index is 13.1. The lowest BCUT2D eigenvalue weighted by molar-refractivity contribution is -0.136. The van der Waals surface area contributed by atoms with E-state index in [1.165, 1.54) is 0 Å². The van der Waals surface area contributed by atoms with Gasteiger partial charge < -0.3 is 9.64 Å². The molecule has 0 aliphatic heterocycles. The largest absolute Gasteiger partial charge is 0.446 e. The minimum atomic E-state index is -0.266. The lowest BCUT2D eigenvalue weighted by Crippen LogP contribution is -2.57. The van der Waals surface area contributed by atoms with Crippen LogP contribution in [0.15, 0.2) is 23.8 Å². The minimum absolute atomic E-state index is 0.0264. The Bertz CT molecular complexity index is 860. The number of fused-ring (bicyclic) bond motifs is 5. The summed E-state index contributed by atoms with van der Waals surface area (Å²) in [5.41, 5.74) is 0.738. The first-order valence-corrected chi connectivity index (χ1v) is 12.5. The zero-order chi connectivity index (χ0) is 23.3. The van der Waals surface area contributed by atoms with Gasteiger partial charge in [-0.15, -0.1) is 0 Å². The third-order valence-corrected chi connectivity index (χ3v) is 9.33. The fraction of sp³-hybridized carbons (Fsp3) is 0.741. The SMILES string of the molecule is CCCCN(C)C(=O)O[C@H]1C[C@]2(C)[C@@H](C(C)=O)CC[C@H]2[C@@H]2C=CC3=CC(=O)CC[C@@]3(C)[C@@H]21. The van der Waals surface area contributed by atoms with Crippen LogP contribution in [0.4, 0.5) is 4.79 Å². The Hall–Kier alpha value is -1.91. The third-order valence-electron chi connectivity index (χ3n) is 9.33. The lowest BCUT2D eigenvalue weighted by atomic mass is 9.47. The van der Waals surface area contributed by atoms with Crippen LogP contribution in [-0.2, 0) is 14.3 Å². The topological polar surface area (TPSA) is 63.7 Å². The molecule has 0 aromatic rings. The second-order valence-corrected chi connectivity index (χ2v) is 11.2. The maximum Gasteiger partial charge on any atom is 0.409 e. The highest BCUT2D eigenvalue weighted by atomic mass is 16.6. The molecule has 5 nitrogen and oxygen atoms in total. The van der Waals surface area contributed by atoms with Gasteiger partial charge in [0.05, 0.1) is 0 Å². The molecule has 4 aliphatic rings. The molecule has 0 N–H and O–H groups in total. The van der Waals surface area contributed by atoms with Crippen LogP contribution >= 0.6 is 0 Å². The molecule has 0 saturated heterocycles. The summed E-state index contributed by atoms with van der Waals surface area (Å²) in [6, 6.07) is 0. The molecule has 0 aromatic carbocycles. The van der Waals surface area contributed by atoms with E-state index in [2.05, 4.69) is 32.9 Å². The van der Waals surface area contributed by atoms with E-state index in [4.69, 9.17) is 4.74 Å². The zero-order valence-electron chi connectivity index (χ0n) is 20.4. The first-order valence-electron chi connectivity index (χ1n) is 12.5. The van der Waals surface area contributed by atoms with Gasteiger partial charge >= 0.3 is 6.09 Å². The summed E-state index contributed by atoms with van der Waals surface area (Å²) in [5, 5.41) is 0. The average molecular weight is 442 g/mol. The Morgan fingerprint density at radius 3 is 2.69 bits per heavy atom. The fourth-order valence-electron chi connectivity index (χ4n) is 7.58. The van der Waals surface area contributed by atoms with Crippen molar-refractivity contribution >= 4 is 17.7 Å².